The number of carbonyl (C=O) groups excluding carboxylic acids is 2. The smallest absolute Gasteiger partial charge is 0.211 e. The first-order chi connectivity index (χ1) is 8.26. The molecule has 0 N–H and O–H groups in total. The molecule has 82 valence electrons. The third-order valence-electron chi connectivity index (χ3n) is 2.26. The zero-order valence-corrected chi connectivity index (χ0v) is 9.23. The van der Waals surface area contributed by atoms with E-state index in [1.807, 2.05) is 0 Å². The predicted molar refractivity (Wildman–Crippen MR) is 64.5 cm³/mol. The van der Waals surface area contributed by atoms with Crippen LogP contribution < -0.4 is 0 Å². The van der Waals surface area contributed by atoms with Gasteiger partial charge in [0.05, 0.1) is 16.4 Å². The van der Waals surface area contributed by atoms with E-state index >= 15 is 0 Å². The average Bonchev–Trinajstić information content (AvgIpc) is 2.33. The largest absolute Gasteiger partial charge is 0.240 e. The van der Waals surface area contributed by atoms with Crippen molar-refractivity contribution in [2.75, 3.05) is 0 Å². The van der Waals surface area contributed by atoms with Crippen LogP contribution >= 0.6 is 11.6 Å². The van der Waals surface area contributed by atoms with E-state index in [4.69, 9.17) is 11.6 Å². The lowest BCUT2D eigenvalue weighted by Gasteiger charge is -2.03. The molecule has 2 aromatic rings. The van der Waals surface area contributed by atoms with Gasteiger partial charge < -0.3 is 0 Å². The van der Waals surface area contributed by atoms with Crippen molar-refractivity contribution in [1.29, 1.82) is 0 Å². The third kappa shape index (κ3) is 2.14. The van der Waals surface area contributed by atoms with Crippen molar-refractivity contribution in [3.05, 3.63) is 35.4 Å². The van der Waals surface area contributed by atoms with E-state index < -0.39 is 0 Å². The van der Waals surface area contributed by atoms with Gasteiger partial charge in [0.25, 0.3) is 0 Å². The summed E-state index contributed by atoms with van der Waals surface area (Å²) in [6.07, 6.45) is 2.91. The quantitative estimate of drug-likeness (QED) is 0.600. The molecule has 0 saturated carbocycles. The van der Waals surface area contributed by atoms with E-state index in [2.05, 4.69) is 9.98 Å². The number of halogens is 1. The Morgan fingerprint density at radius 2 is 1.76 bits per heavy atom. The first-order valence-electron chi connectivity index (χ1n) is 4.64. The molecule has 0 bridgehead atoms. The summed E-state index contributed by atoms with van der Waals surface area (Å²) >= 11 is 6.07. The zero-order chi connectivity index (χ0) is 12.3. The fourth-order valence-electron chi connectivity index (χ4n) is 1.53. The van der Waals surface area contributed by atoms with Crippen LogP contribution in [0, 0.1) is 0 Å². The van der Waals surface area contributed by atoms with Gasteiger partial charge in [-0.1, -0.05) is 23.7 Å². The molecule has 0 fully saturated rings. The molecule has 2 aromatic carbocycles. The Hall–Kier alpha value is -2.25. The molecular weight excluding hydrogens is 240 g/mol. The van der Waals surface area contributed by atoms with Gasteiger partial charge >= 0.3 is 0 Å². The van der Waals surface area contributed by atoms with E-state index in [0.717, 1.165) is 10.8 Å². The number of nitrogens with zero attached hydrogens (tertiary/aromatic N) is 2. The van der Waals surface area contributed by atoms with Crippen LogP contribution in [0.2, 0.25) is 5.02 Å². The van der Waals surface area contributed by atoms with Crippen molar-refractivity contribution in [1.82, 2.24) is 0 Å². The lowest BCUT2D eigenvalue weighted by Crippen LogP contribution is -1.76. The van der Waals surface area contributed by atoms with Gasteiger partial charge in [0.15, 0.2) is 0 Å². The zero-order valence-electron chi connectivity index (χ0n) is 8.48. The second kappa shape index (κ2) is 4.73. The highest BCUT2D eigenvalue weighted by Gasteiger charge is 2.05. The van der Waals surface area contributed by atoms with E-state index in [-0.39, 0.29) is 0 Å². The van der Waals surface area contributed by atoms with Crippen LogP contribution in [0.1, 0.15) is 0 Å². The van der Waals surface area contributed by atoms with Crippen molar-refractivity contribution in [2.45, 2.75) is 0 Å². The molecule has 0 saturated heterocycles. The molecule has 17 heavy (non-hydrogen) atoms. The molecule has 2 rings (SSSR count). The number of rotatable bonds is 2. The van der Waals surface area contributed by atoms with Crippen molar-refractivity contribution in [2.24, 2.45) is 9.98 Å². The van der Waals surface area contributed by atoms with Gasteiger partial charge in [0.2, 0.25) is 12.2 Å². The number of hydrogen-bond donors (Lipinski definition) is 0. The minimum Gasteiger partial charge on any atom is -0.211 e. The summed E-state index contributed by atoms with van der Waals surface area (Å²) in [5.41, 5.74) is 0.857. The fraction of sp³-hybridized carbons (Fsp3) is 0. The van der Waals surface area contributed by atoms with Crippen LogP contribution in [-0.4, -0.2) is 12.2 Å². The molecule has 0 heterocycles. The number of aliphatic imine (C=N–C) groups is 2. The summed E-state index contributed by atoms with van der Waals surface area (Å²) in [6.45, 7) is 0. The lowest BCUT2D eigenvalue weighted by molar-refractivity contribution is 0.564. The fourth-order valence-corrected chi connectivity index (χ4v) is 1.80. The maximum Gasteiger partial charge on any atom is 0.240 e. The normalized spacial score (nSPS) is 9.47. The van der Waals surface area contributed by atoms with Gasteiger partial charge in [-0.25, -0.2) is 9.59 Å². The first-order valence-corrected chi connectivity index (χ1v) is 5.02. The Kier molecular flexibility index (Phi) is 3.12. The van der Waals surface area contributed by atoms with Crippen molar-refractivity contribution in [3.63, 3.8) is 0 Å². The highest BCUT2D eigenvalue weighted by atomic mass is 35.5. The van der Waals surface area contributed by atoms with Gasteiger partial charge in [-0.3, -0.25) is 0 Å². The molecule has 4 nitrogen and oxygen atoms in total. The predicted octanol–water partition coefficient (Wildman–Crippen LogP) is 3.43. The topological polar surface area (TPSA) is 58.9 Å². The molecule has 0 aliphatic rings. The highest BCUT2D eigenvalue weighted by Crippen LogP contribution is 2.34. The SMILES string of the molecule is O=C=Nc1ccc2c(Cl)c(N=C=O)ccc2c1. The minimum atomic E-state index is 0.362. The van der Waals surface area contributed by atoms with Gasteiger partial charge in [-0.05, 0) is 23.6 Å². The van der Waals surface area contributed by atoms with Crippen LogP contribution in [0.4, 0.5) is 11.4 Å². The molecule has 0 unspecified atom stereocenters. The van der Waals surface area contributed by atoms with Gasteiger partial charge in [0.1, 0.15) is 0 Å². The van der Waals surface area contributed by atoms with Crippen LogP contribution in [0.3, 0.4) is 0 Å². The van der Waals surface area contributed by atoms with Crippen LogP contribution in [-0.2, 0) is 9.59 Å². The maximum atomic E-state index is 10.2. The maximum absolute atomic E-state index is 10.2. The molecule has 5 heteroatoms. The number of isocyanates is 2. The first kappa shape index (κ1) is 11.2. The van der Waals surface area contributed by atoms with Crippen molar-refractivity contribution in [3.8, 4) is 0 Å². The molecular formula is C12H5ClN2O2. The molecule has 0 aliphatic heterocycles. The Bertz CT molecular complexity index is 684. The van der Waals surface area contributed by atoms with Gasteiger partial charge in [0, 0.05) is 5.39 Å². The summed E-state index contributed by atoms with van der Waals surface area (Å²) in [5.74, 6) is 0. The second-order valence-electron chi connectivity index (χ2n) is 3.21. The number of hydrogen-bond acceptors (Lipinski definition) is 4. The second-order valence-corrected chi connectivity index (χ2v) is 3.59. The van der Waals surface area contributed by atoms with E-state index in [1.165, 1.54) is 12.2 Å². The Morgan fingerprint density at radius 3 is 2.47 bits per heavy atom. The van der Waals surface area contributed by atoms with Crippen LogP contribution in [0.5, 0.6) is 0 Å². The standard InChI is InChI=1S/C12H5ClN2O2/c13-12-10-3-2-9(14-6-16)5-8(10)1-4-11(12)15-7-17/h1-5H. The molecule has 0 aromatic heterocycles. The monoisotopic (exact) mass is 244 g/mol. The summed E-state index contributed by atoms with van der Waals surface area (Å²) < 4.78 is 0. The molecule has 0 aliphatic carbocycles. The van der Waals surface area contributed by atoms with Crippen LogP contribution in [0.15, 0.2) is 40.3 Å². The molecule has 0 amide bonds. The summed E-state index contributed by atoms with van der Waals surface area (Å²) in [4.78, 5) is 27.3. The van der Waals surface area contributed by atoms with Gasteiger partial charge in [-0.15, -0.1) is 0 Å². The molecule has 0 spiro atoms. The molecule has 0 radical (unpaired) electrons. The molecule has 0 atom stereocenters. The minimum absolute atomic E-state index is 0.362. The van der Waals surface area contributed by atoms with E-state index in [0.29, 0.717) is 16.4 Å². The average molecular weight is 245 g/mol. The van der Waals surface area contributed by atoms with Gasteiger partial charge in [-0.2, -0.15) is 9.98 Å². The Morgan fingerprint density at radius 1 is 1.00 bits per heavy atom. The van der Waals surface area contributed by atoms with E-state index in [9.17, 15) is 9.59 Å². The summed E-state index contributed by atoms with van der Waals surface area (Å²) in [5, 5.41) is 1.90. The summed E-state index contributed by atoms with van der Waals surface area (Å²) in [6, 6.07) is 8.37. The highest BCUT2D eigenvalue weighted by molar-refractivity contribution is 6.38. The summed E-state index contributed by atoms with van der Waals surface area (Å²) in [7, 11) is 0. The Labute approximate surface area is 101 Å². The third-order valence-corrected chi connectivity index (χ3v) is 2.66. The van der Waals surface area contributed by atoms with Crippen molar-refractivity contribution >= 4 is 45.9 Å². The van der Waals surface area contributed by atoms with Crippen molar-refractivity contribution < 1.29 is 9.59 Å². The Balaban J connectivity index is 2.72. The lowest BCUT2D eigenvalue weighted by atomic mass is 10.1. The number of benzene rings is 2. The van der Waals surface area contributed by atoms with E-state index in [1.54, 1.807) is 30.3 Å². The van der Waals surface area contributed by atoms with Crippen LogP contribution in [0.25, 0.3) is 10.8 Å². The number of fused-ring (bicyclic) bond motifs is 1.